The smallest absolute Gasteiger partial charge is 0.234 e. The van der Waals surface area contributed by atoms with Crippen LogP contribution in [-0.2, 0) is 17.9 Å². The van der Waals surface area contributed by atoms with Crippen molar-refractivity contribution < 1.29 is 4.79 Å². The van der Waals surface area contributed by atoms with E-state index in [4.69, 9.17) is 0 Å². The second kappa shape index (κ2) is 8.72. The molecular weight excluding hydrogens is 250 g/mol. The number of carbonyl (C=O) groups is 1. The van der Waals surface area contributed by atoms with Gasteiger partial charge in [0.1, 0.15) is 0 Å². The number of nitrogens with zero attached hydrogens (tertiary/aromatic N) is 1. The molecule has 0 heterocycles. The summed E-state index contributed by atoms with van der Waals surface area (Å²) in [5.74, 6) is 0.0463. The maximum Gasteiger partial charge on any atom is 0.234 e. The van der Waals surface area contributed by atoms with Crippen molar-refractivity contribution in [1.82, 2.24) is 15.5 Å². The molecule has 0 saturated carbocycles. The normalized spacial score (nSPS) is 12.4. The van der Waals surface area contributed by atoms with Gasteiger partial charge in [-0.25, -0.2) is 0 Å². The van der Waals surface area contributed by atoms with Gasteiger partial charge in [-0.15, -0.1) is 0 Å². The van der Waals surface area contributed by atoms with Crippen molar-refractivity contribution in [2.24, 2.45) is 0 Å². The molecule has 1 aromatic rings. The van der Waals surface area contributed by atoms with Gasteiger partial charge in [-0.05, 0) is 38.6 Å². The molecule has 1 unspecified atom stereocenters. The first kappa shape index (κ1) is 16.7. The highest BCUT2D eigenvalue weighted by molar-refractivity contribution is 5.78. The van der Waals surface area contributed by atoms with Gasteiger partial charge >= 0.3 is 0 Å². The Balaban J connectivity index is 2.46. The summed E-state index contributed by atoms with van der Waals surface area (Å²) in [6, 6.07) is 8.61. The van der Waals surface area contributed by atoms with Crippen molar-refractivity contribution in [3.63, 3.8) is 0 Å². The van der Waals surface area contributed by atoms with Gasteiger partial charge in [0, 0.05) is 19.1 Å². The number of hydrogen-bond acceptors (Lipinski definition) is 3. The first-order valence-corrected chi connectivity index (χ1v) is 7.24. The molecule has 0 aliphatic heterocycles. The molecule has 0 aromatic heterocycles. The molecule has 0 radical (unpaired) electrons. The van der Waals surface area contributed by atoms with Crippen LogP contribution in [0.4, 0.5) is 0 Å². The average molecular weight is 277 g/mol. The zero-order valence-electron chi connectivity index (χ0n) is 13.1. The first-order valence-electron chi connectivity index (χ1n) is 7.24. The Morgan fingerprint density at radius 2 is 1.90 bits per heavy atom. The highest BCUT2D eigenvalue weighted by Gasteiger charge is 2.06. The number of rotatable bonds is 8. The van der Waals surface area contributed by atoms with E-state index in [9.17, 15) is 4.79 Å². The lowest BCUT2D eigenvalue weighted by Crippen LogP contribution is -2.37. The molecule has 0 aliphatic rings. The number of amides is 1. The molecule has 4 heteroatoms. The molecule has 0 aliphatic carbocycles. The molecular formula is C16H27N3O. The largest absolute Gasteiger partial charge is 0.351 e. The standard InChI is InChI=1S/C16H27N3O/c1-5-13(2)17-11-16(20)18-10-14-8-6-7-9-15(14)12-19(3)4/h6-9,13,17H,5,10-12H2,1-4H3,(H,18,20). The fourth-order valence-electron chi connectivity index (χ4n) is 1.89. The van der Waals surface area contributed by atoms with Gasteiger partial charge in [-0.3, -0.25) is 4.79 Å². The molecule has 1 amide bonds. The van der Waals surface area contributed by atoms with E-state index in [1.807, 2.05) is 26.2 Å². The molecule has 1 aromatic carbocycles. The van der Waals surface area contributed by atoms with Crippen LogP contribution in [0.25, 0.3) is 0 Å². The van der Waals surface area contributed by atoms with Crippen LogP contribution in [0.1, 0.15) is 31.4 Å². The molecule has 20 heavy (non-hydrogen) atoms. The Labute approximate surface area is 122 Å². The van der Waals surface area contributed by atoms with E-state index in [0.717, 1.165) is 13.0 Å². The van der Waals surface area contributed by atoms with Gasteiger partial charge in [0.05, 0.1) is 6.54 Å². The predicted octanol–water partition coefficient (Wildman–Crippen LogP) is 1.75. The molecule has 2 N–H and O–H groups in total. The minimum atomic E-state index is 0.0463. The van der Waals surface area contributed by atoms with E-state index in [2.05, 4.69) is 41.5 Å². The monoisotopic (exact) mass is 277 g/mol. The number of nitrogens with one attached hydrogen (secondary N) is 2. The summed E-state index contributed by atoms with van der Waals surface area (Å²) in [6.07, 6.45) is 1.03. The average Bonchev–Trinajstić information content (AvgIpc) is 2.43. The minimum Gasteiger partial charge on any atom is -0.351 e. The Bertz CT molecular complexity index is 418. The second-order valence-corrected chi connectivity index (χ2v) is 5.47. The number of benzene rings is 1. The Kier molecular flexibility index (Phi) is 7.26. The lowest BCUT2D eigenvalue weighted by atomic mass is 10.1. The maximum absolute atomic E-state index is 11.8. The van der Waals surface area contributed by atoms with E-state index in [-0.39, 0.29) is 5.91 Å². The van der Waals surface area contributed by atoms with Crippen molar-refractivity contribution in [2.75, 3.05) is 20.6 Å². The van der Waals surface area contributed by atoms with Crippen LogP contribution in [-0.4, -0.2) is 37.5 Å². The molecule has 0 bridgehead atoms. The van der Waals surface area contributed by atoms with E-state index in [1.165, 1.54) is 11.1 Å². The van der Waals surface area contributed by atoms with Gasteiger partial charge in [-0.2, -0.15) is 0 Å². The highest BCUT2D eigenvalue weighted by atomic mass is 16.1. The van der Waals surface area contributed by atoms with Crippen LogP contribution in [0.5, 0.6) is 0 Å². The maximum atomic E-state index is 11.8. The van der Waals surface area contributed by atoms with Gasteiger partial charge in [0.15, 0.2) is 0 Å². The molecule has 0 spiro atoms. The van der Waals surface area contributed by atoms with Crippen LogP contribution in [0.2, 0.25) is 0 Å². The van der Waals surface area contributed by atoms with E-state index in [1.54, 1.807) is 0 Å². The zero-order chi connectivity index (χ0) is 15.0. The van der Waals surface area contributed by atoms with Gasteiger partial charge < -0.3 is 15.5 Å². The molecule has 112 valence electrons. The summed E-state index contributed by atoms with van der Waals surface area (Å²) in [7, 11) is 4.09. The van der Waals surface area contributed by atoms with Crippen molar-refractivity contribution >= 4 is 5.91 Å². The molecule has 1 rings (SSSR count). The third-order valence-electron chi connectivity index (χ3n) is 3.30. The third kappa shape index (κ3) is 6.17. The number of hydrogen-bond donors (Lipinski definition) is 2. The molecule has 1 atom stereocenters. The second-order valence-electron chi connectivity index (χ2n) is 5.47. The topological polar surface area (TPSA) is 44.4 Å². The van der Waals surface area contributed by atoms with Crippen LogP contribution in [0, 0.1) is 0 Å². The van der Waals surface area contributed by atoms with E-state index in [0.29, 0.717) is 19.1 Å². The van der Waals surface area contributed by atoms with Crippen molar-refractivity contribution in [2.45, 2.75) is 39.4 Å². The lowest BCUT2D eigenvalue weighted by molar-refractivity contribution is -0.120. The summed E-state index contributed by atoms with van der Waals surface area (Å²) in [5.41, 5.74) is 2.44. The molecule has 0 fully saturated rings. The Hall–Kier alpha value is -1.39. The van der Waals surface area contributed by atoms with Crippen LogP contribution < -0.4 is 10.6 Å². The van der Waals surface area contributed by atoms with Crippen molar-refractivity contribution in [1.29, 1.82) is 0 Å². The highest BCUT2D eigenvalue weighted by Crippen LogP contribution is 2.10. The molecule has 0 saturated heterocycles. The fourth-order valence-corrected chi connectivity index (χ4v) is 1.89. The number of carbonyl (C=O) groups excluding carboxylic acids is 1. The van der Waals surface area contributed by atoms with E-state index >= 15 is 0 Å². The Morgan fingerprint density at radius 3 is 2.50 bits per heavy atom. The van der Waals surface area contributed by atoms with Crippen molar-refractivity contribution in [3.05, 3.63) is 35.4 Å². The van der Waals surface area contributed by atoms with Crippen LogP contribution >= 0.6 is 0 Å². The Morgan fingerprint density at radius 1 is 1.25 bits per heavy atom. The summed E-state index contributed by atoms with van der Waals surface area (Å²) in [5, 5.41) is 6.17. The quantitative estimate of drug-likeness (QED) is 0.761. The fraction of sp³-hybridized carbons (Fsp3) is 0.562. The van der Waals surface area contributed by atoms with Gasteiger partial charge in [0.2, 0.25) is 5.91 Å². The van der Waals surface area contributed by atoms with Gasteiger partial charge in [0.25, 0.3) is 0 Å². The predicted molar refractivity (Wildman–Crippen MR) is 83.4 cm³/mol. The van der Waals surface area contributed by atoms with Crippen molar-refractivity contribution in [3.8, 4) is 0 Å². The van der Waals surface area contributed by atoms with Crippen LogP contribution in [0.15, 0.2) is 24.3 Å². The lowest BCUT2D eigenvalue weighted by Gasteiger charge is -2.15. The van der Waals surface area contributed by atoms with Gasteiger partial charge in [-0.1, -0.05) is 31.2 Å². The third-order valence-corrected chi connectivity index (χ3v) is 3.30. The first-order chi connectivity index (χ1) is 9.52. The summed E-state index contributed by atoms with van der Waals surface area (Å²) < 4.78 is 0. The van der Waals surface area contributed by atoms with Crippen LogP contribution in [0.3, 0.4) is 0 Å². The summed E-state index contributed by atoms with van der Waals surface area (Å²) in [6.45, 7) is 6.04. The summed E-state index contributed by atoms with van der Waals surface area (Å²) >= 11 is 0. The van der Waals surface area contributed by atoms with E-state index < -0.39 is 0 Å². The SMILES string of the molecule is CCC(C)NCC(=O)NCc1ccccc1CN(C)C. The minimum absolute atomic E-state index is 0.0463. The zero-order valence-corrected chi connectivity index (χ0v) is 13.1. The summed E-state index contributed by atoms with van der Waals surface area (Å²) in [4.78, 5) is 13.9. The molecule has 4 nitrogen and oxygen atoms in total.